The zero-order chi connectivity index (χ0) is 15.9. The summed E-state index contributed by atoms with van der Waals surface area (Å²) >= 11 is 0. The number of nitrogens with zero attached hydrogens (tertiary/aromatic N) is 3. The fourth-order valence-electron chi connectivity index (χ4n) is 1.51. The zero-order valence-electron chi connectivity index (χ0n) is 12.8. The summed E-state index contributed by atoms with van der Waals surface area (Å²) in [5, 5.41) is 22.2. The number of hydrogen-bond donors (Lipinski definition) is 2. The Balaban J connectivity index is 2.32. The number of ether oxygens (including phenoxy) is 1. The summed E-state index contributed by atoms with van der Waals surface area (Å²) < 4.78 is 5.17. The average molecular weight is 291 g/mol. The Morgan fingerprint density at radius 1 is 1.52 bits per heavy atom. The van der Waals surface area contributed by atoms with Crippen LogP contribution in [0.25, 0.3) is 0 Å². The van der Waals surface area contributed by atoms with Crippen molar-refractivity contribution in [2.75, 3.05) is 11.9 Å². The minimum absolute atomic E-state index is 0.0422. The monoisotopic (exact) mass is 291 g/mol. The highest BCUT2D eigenvalue weighted by Crippen LogP contribution is 2.07. The van der Waals surface area contributed by atoms with Gasteiger partial charge in [-0.05, 0) is 34.1 Å². The fourth-order valence-corrected chi connectivity index (χ4v) is 1.51. The van der Waals surface area contributed by atoms with Crippen molar-refractivity contribution in [2.24, 2.45) is 0 Å². The number of carbonyl (C=O) groups is 1. The molecule has 0 aliphatic carbocycles. The van der Waals surface area contributed by atoms with E-state index >= 15 is 0 Å². The van der Waals surface area contributed by atoms with Crippen LogP contribution in [0.3, 0.4) is 0 Å². The number of nitrogens with one attached hydrogen (secondary N) is 2. The maximum Gasteiger partial charge on any atom is 0.407 e. The summed E-state index contributed by atoms with van der Waals surface area (Å²) in [5.41, 5.74) is -0.0533. The summed E-state index contributed by atoms with van der Waals surface area (Å²) in [6.45, 7) is 7.95. The van der Waals surface area contributed by atoms with Gasteiger partial charge in [0.1, 0.15) is 17.5 Å². The molecule has 114 valence electrons. The molecule has 1 aromatic heterocycles. The second-order valence-corrected chi connectivity index (χ2v) is 5.70. The van der Waals surface area contributed by atoms with Crippen molar-refractivity contribution in [3.05, 3.63) is 17.8 Å². The Bertz CT molecular complexity index is 519. The molecule has 2 N–H and O–H groups in total. The van der Waals surface area contributed by atoms with Gasteiger partial charge in [0.05, 0.1) is 11.8 Å². The molecule has 0 aliphatic rings. The molecular formula is C14H21N5O2. The smallest absolute Gasteiger partial charge is 0.407 e. The first-order valence-electron chi connectivity index (χ1n) is 6.76. The Morgan fingerprint density at radius 3 is 2.86 bits per heavy atom. The van der Waals surface area contributed by atoms with E-state index in [1.165, 1.54) is 6.20 Å². The van der Waals surface area contributed by atoms with Crippen LogP contribution in [-0.2, 0) is 4.74 Å². The summed E-state index contributed by atoms with van der Waals surface area (Å²) in [4.78, 5) is 11.6. The molecule has 7 nitrogen and oxygen atoms in total. The highest BCUT2D eigenvalue weighted by Gasteiger charge is 2.17. The number of rotatable bonds is 5. The SMILES string of the molecule is C[C@@H](CCNc1cc(C#N)cnn1)NC(=O)OC(C)(C)C. The summed E-state index contributed by atoms with van der Waals surface area (Å²) in [7, 11) is 0. The molecule has 1 amide bonds. The van der Waals surface area contributed by atoms with E-state index < -0.39 is 11.7 Å². The maximum atomic E-state index is 11.6. The Hall–Kier alpha value is -2.36. The number of carbonyl (C=O) groups excluding carboxylic acids is 1. The third kappa shape index (κ3) is 7.11. The Morgan fingerprint density at radius 2 is 2.24 bits per heavy atom. The van der Waals surface area contributed by atoms with Crippen molar-refractivity contribution in [1.82, 2.24) is 15.5 Å². The molecule has 0 saturated carbocycles. The summed E-state index contributed by atoms with van der Waals surface area (Å²) in [5.74, 6) is 0.540. The normalized spacial score (nSPS) is 12.1. The van der Waals surface area contributed by atoms with Crippen molar-refractivity contribution in [2.45, 2.75) is 45.8 Å². The van der Waals surface area contributed by atoms with Gasteiger partial charge < -0.3 is 15.4 Å². The van der Waals surface area contributed by atoms with Gasteiger partial charge in [-0.2, -0.15) is 10.4 Å². The summed E-state index contributed by atoms with van der Waals surface area (Å²) in [6.07, 6.45) is 1.66. The number of anilines is 1. The molecule has 1 aromatic rings. The molecule has 1 atom stereocenters. The van der Waals surface area contributed by atoms with Gasteiger partial charge in [0, 0.05) is 18.7 Å². The molecule has 0 fully saturated rings. The van der Waals surface area contributed by atoms with Crippen LogP contribution in [-0.4, -0.2) is 34.5 Å². The third-order valence-electron chi connectivity index (χ3n) is 2.43. The van der Waals surface area contributed by atoms with Crippen molar-refractivity contribution in [3.63, 3.8) is 0 Å². The molecule has 0 unspecified atom stereocenters. The highest BCUT2D eigenvalue weighted by atomic mass is 16.6. The van der Waals surface area contributed by atoms with Gasteiger partial charge in [-0.1, -0.05) is 0 Å². The molecular weight excluding hydrogens is 270 g/mol. The van der Waals surface area contributed by atoms with E-state index in [4.69, 9.17) is 10.00 Å². The standard InChI is InChI=1S/C14H21N5O2/c1-10(18-13(20)21-14(2,3)4)5-6-16-12-7-11(8-15)9-17-19-12/h7,9-10H,5-6H2,1-4H3,(H,16,19)(H,18,20)/t10-/m0/s1. The predicted octanol–water partition coefficient (Wildman–Crippen LogP) is 2.06. The third-order valence-corrected chi connectivity index (χ3v) is 2.43. The maximum absolute atomic E-state index is 11.6. The second kappa shape index (κ2) is 7.43. The molecule has 1 rings (SSSR count). The van der Waals surface area contributed by atoms with Crippen LogP contribution >= 0.6 is 0 Å². The summed E-state index contributed by atoms with van der Waals surface area (Å²) in [6, 6.07) is 3.58. The van der Waals surface area contributed by atoms with E-state index in [1.807, 2.05) is 33.8 Å². The van der Waals surface area contributed by atoms with E-state index in [-0.39, 0.29) is 6.04 Å². The molecule has 0 bridgehead atoms. The van der Waals surface area contributed by atoms with Crippen LogP contribution in [0.1, 0.15) is 39.7 Å². The van der Waals surface area contributed by atoms with Crippen molar-refractivity contribution >= 4 is 11.9 Å². The lowest BCUT2D eigenvalue weighted by Gasteiger charge is -2.22. The van der Waals surface area contributed by atoms with Crippen LogP contribution in [0.5, 0.6) is 0 Å². The number of nitriles is 1. The predicted molar refractivity (Wildman–Crippen MR) is 78.7 cm³/mol. The van der Waals surface area contributed by atoms with E-state index in [2.05, 4.69) is 20.8 Å². The fraction of sp³-hybridized carbons (Fsp3) is 0.571. The van der Waals surface area contributed by atoms with Gasteiger partial charge in [0.2, 0.25) is 0 Å². The minimum atomic E-state index is -0.505. The molecule has 7 heteroatoms. The lowest BCUT2D eigenvalue weighted by Crippen LogP contribution is -2.38. The van der Waals surface area contributed by atoms with Gasteiger partial charge >= 0.3 is 6.09 Å². The van der Waals surface area contributed by atoms with E-state index in [9.17, 15) is 4.79 Å². The van der Waals surface area contributed by atoms with Gasteiger partial charge in [-0.25, -0.2) is 4.79 Å². The minimum Gasteiger partial charge on any atom is -0.444 e. The topological polar surface area (TPSA) is 99.9 Å². The second-order valence-electron chi connectivity index (χ2n) is 5.70. The molecule has 0 aliphatic heterocycles. The lowest BCUT2D eigenvalue weighted by atomic mass is 10.2. The molecule has 0 radical (unpaired) electrons. The van der Waals surface area contributed by atoms with Crippen molar-refractivity contribution in [1.29, 1.82) is 5.26 Å². The number of hydrogen-bond acceptors (Lipinski definition) is 6. The molecule has 0 spiro atoms. The van der Waals surface area contributed by atoms with Gasteiger partial charge in [0.15, 0.2) is 0 Å². The molecule has 1 heterocycles. The van der Waals surface area contributed by atoms with Crippen LogP contribution in [0.2, 0.25) is 0 Å². The van der Waals surface area contributed by atoms with Crippen LogP contribution in [0, 0.1) is 11.3 Å². The quantitative estimate of drug-likeness (QED) is 0.861. The van der Waals surface area contributed by atoms with Crippen molar-refractivity contribution < 1.29 is 9.53 Å². The van der Waals surface area contributed by atoms with Gasteiger partial charge in [0.25, 0.3) is 0 Å². The van der Waals surface area contributed by atoms with Gasteiger partial charge in [-0.15, -0.1) is 5.10 Å². The first-order chi connectivity index (χ1) is 9.80. The number of aromatic nitrogens is 2. The number of amides is 1. The largest absolute Gasteiger partial charge is 0.444 e. The van der Waals surface area contributed by atoms with Crippen LogP contribution < -0.4 is 10.6 Å². The first kappa shape index (κ1) is 16.7. The van der Waals surface area contributed by atoms with Gasteiger partial charge in [-0.3, -0.25) is 0 Å². The first-order valence-corrected chi connectivity index (χ1v) is 6.76. The number of alkyl carbamates (subject to hydrolysis) is 1. The Labute approximate surface area is 124 Å². The van der Waals surface area contributed by atoms with E-state index in [0.717, 1.165) is 0 Å². The average Bonchev–Trinajstić information content (AvgIpc) is 2.36. The Kier molecular flexibility index (Phi) is 5.91. The lowest BCUT2D eigenvalue weighted by molar-refractivity contribution is 0.0507. The zero-order valence-corrected chi connectivity index (χ0v) is 12.8. The highest BCUT2D eigenvalue weighted by molar-refractivity contribution is 5.68. The van der Waals surface area contributed by atoms with Crippen LogP contribution in [0.4, 0.5) is 10.6 Å². The molecule has 0 saturated heterocycles. The molecule has 0 aromatic carbocycles. The van der Waals surface area contributed by atoms with E-state index in [1.54, 1.807) is 6.07 Å². The van der Waals surface area contributed by atoms with Crippen molar-refractivity contribution in [3.8, 4) is 6.07 Å². The van der Waals surface area contributed by atoms with Crippen LogP contribution in [0.15, 0.2) is 12.3 Å². The van der Waals surface area contributed by atoms with E-state index in [0.29, 0.717) is 24.3 Å². The molecule has 21 heavy (non-hydrogen) atoms.